The zero-order valence-corrected chi connectivity index (χ0v) is 10.7. The van der Waals surface area contributed by atoms with Gasteiger partial charge < -0.3 is 15.8 Å². The first-order valence-corrected chi connectivity index (χ1v) is 5.67. The van der Waals surface area contributed by atoms with Gasteiger partial charge in [-0.15, -0.1) is 0 Å². The van der Waals surface area contributed by atoms with Crippen molar-refractivity contribution in [3.05, 3.63) is 29.8 Å². The molecule has 0 aliphatic rings. The van der Waals surface area contributed by atoms with Crippen molar-refractivity contribution >= 4 is 28.9 Å². The van der Waals surface area contributed by atoms with Crippen LogP contribution >= 0.6 is 12.2 Å². The number of benzene rings is 1. The Morgan fingerprint density at radius 1 is 1.59 bits per heavy atom. The van der Waals surface area contributed by atoms with E-state index in [1.54, 1.807) is 18.2 Å². The Morgan fingerprint density at radius 2 is 2.29 bits per heavy atom. The molecule has 0 bridgehead atoms. The van der Waals surface area contributed by atoms with Crippen LogP contribution in [0.5, 0.6) is 0 Å². The Morgan fingerprint density at radius 3 is 2.88 bits per heavy atom. The molecule has 1 aromatic carbocycles. The summed E-state index contributed by atoms with van der Waals surface area (Å²) < 4.78 is 4.65. The number of rotatable bonds is 5. The Kier molecular flexibility index (Phi) is 4.90. The van der Waals surface area contributed by atoms with E-state index in [1.165, 1.54) is 7.11 Å². The molecule has 0 aliphatic carbocycles. The van der Waals surface area contributed by atoms with E-state index in [9.17, 15) is 4.79 Å². The SMILES string of the molecule is COC(=O)c1cccc(NC(C)CC(N)=S)c1. The lowest BCUT2D eigenvalue weighted by Crippen LogP contribution is -2.22. The van der Waals surface area contributed by atoms with E-state index in [2.05, 4.69) is 10.1 Å². The number of carbonyl (C=O) groups is 1. The Balaban J connectivity index is 2.72. The predicted molar refractivity (Wildman–Crippen MR) is 72.3 cm³/mol. The van der Waals surface area contributed by atoms with Crippen LogP contribution in [0.4, 0.5) is 5.69 Å². The number of thiocarbonyl (C=S) groups is 1. The van der Waals surface area contributed by atoms with Gasteiger partial charge in [0.15, 0.2) is 0 Å². The lowest BCUT2D eigenvalue weighted by Gasteiger charge is -2.14. The molecule has 92 valence electrons. The van der Waals surface area contributed by atoms with Gasteiger partial charge in [-0.05, 0) is 25.1 Å². The molecule has 0 heterocycles. The number of hydrogen-bond acceptors (Lipinski definition) is 4. The fourth-order valence-corrected chi connectivity index (χ4v) is 1.74. The molecule has 0 aromatic heterocycles. The van der Waals surface area contributed by atoms with Crippen molar-refractivity contribution in [1.82, 2.24) is 0 Å². The molecule has 0 saturated heterocycles. The lowest BCUT2D eigenvalue weighted by molar-refractivity contribution is 0.0601. The molecule has 1 aromatic rings. The van der Waals surface area contributed by atoms with Gasteiger partial charge in [-0.2, -0.15) is 0 Å². The summed E-state index contributed by atoms with van der Waals surface area (Å²) in [6.07, 6.45) is 0.609. The summed E-state index contributed by atoms with van der Waals surface area (Å²) >= 11 is 4.84. The molecule has 1 unspecified atom stereocenters. The van der Waals surface area contributed by atoms with Gasteiger partial charge in [-0.1, -0.05) is 18.3 Å². The number of anilines is 1. The zero-order chi connectivity index (χ0) is 12.8. The van der Waals surface area contributed by atoms with Crippen molar-refractivity contribution in [2.24, 2.45) is 5.73 Å². The maximum absolute atomic E-state index is 11.3. The average Bonchev–Trinajstić information content (AvgIpc) is 2.27. The van der Waals surface area contributed by atoms with Crippen molar-refractivity contribution in [1.29, 1.82) is 0 Å². The highest BCUT2D eigenvalue weighted by Crippen LogP contribution is 2.13. The van der Waals surface area contributed by atoms with E-state index in [1.807, 2.05) is 13.0 Å². The molecule has 3 N–H and O–H groups in total. The first kappa shape index (κ1) is 13.4. The Hall–Kier alpha value is -1.62. The van der Waals surface area contributed by atoms with Crippen molar-refractivity contribution in [2.45, 2.75) is 19.4 Å². The number of ether oxygens (including phenoxy) is 1. The first-order valence-electron chi connectivity index (χ1n) is 5.26. The molecule has 0 amide bonds. The van der Waals surface area contributed by atoms with Gasteiger partial charge in [0, 0.05) is 18.2 Å². The van der Waals surface area contributed by atoms with Crippen molar-refractivity contribution in [3.8, 4) is 0 Å². The Bertz CT molecular complexity index is 421. The summed E-state index contributed by atoms with van der Waals surface area (Å²) in [7, 11) is 1.36. The van der Waals surface area contributed by atoms with Crippen LogP contribution in [0.1, 0.15) is 23.7 Å². The lowest BCUT2D eigenvalue weighted by atomic mass is 10.1. The van der Waals surface area contributed by atoms with Crippen LogP contribution in [0.3, 0.4) is 0 Å². The highest BCUT2D eigenvalue weighted by Gasteiger charge is 2.07. The highest BCUT2D eigenvalue weighted by molar-refractivity contribution is 7.80. The molecular formula is C12H16N2O2S. The standard InChI is InChI=1S/C12H16N2O2S/c1-8(6-11(13)17)14-10-5-3-4-9(7-10)12(15)16-2/h3-5,7-8,14H,6H2,1-2H3,(H2,13,17). The number of esters is 1. The second kappa shape index (κ2) is 6.20. The molecule has 0 spiro atoms. The van der Waals surface area contributed by atoms with Crippen molar-refractivity contribution in [2.75, 3.05) is 12.4 Å². The molecule has 0 radical (unpaired) electrons. The summed E-state index contributed by atoms with van der Waals surface area (Å²) in [6, 6.07) is 7.24. The average molecular weight is 252 g/mol. The van der Waals surface area contributed by atoms with E-state index >= 15 is 0 Å². The number of hydrogen-bond donors (Lipinski definition) is 2. The van der Waals surface area contributed by atoms with Crippen LogP contribution in [-0.2, 0) is 4.74 Å². The zero-order valence-electron chi connectivity index (χ0n) is 9.90. The quantitative estimate of drug-likeness (QED) is 0.619. The Labute approximate surface area is 106 Å². The van der Waals surface area contributed by atoms with Crippen LogP contribution in [0, 0.1) is 0 Å². The van der Waals surface area contributed by atoms with E-state index in [-0.39, 0.29) is 12.0 Å². The minimum absolute atomic E-state index is 0.125. The fraction of sp³-hybridized carbons (Fsp3) is 0.333. The molecule has 0 saturated carbocycles. The normalized spacial score (nSPS) is 11.6. The van der Waals surface area contributed by atoms with Gasteiger partial charge in [0.2, 0.25) is 0 Å². The molecule has 17 heavy (non-hydrogen) atoms. The highest BCUT2D eigenvalue weighted by atomic mass is 32.1. The van der Waals surface area contributed by atoms with Gasteiger partial charge in [-0.3, -0.25) is 0 Å². The maximum Gasteiger partial charge on any atom is 0.337 e. The minimum atomic E-state index is -0.351. The van der Waals surface area contributed by atoms with E-state index in [0.717, 1.165) is 5.69 Å². The van der Waals surface area contributed by atoms with E-state index in [4.69, 9.17) is 18.0 Å². The van der Waals surface area contributed by atoms with Crippen LogP contribution < -0.4 is 11.1 Å². The van der Waals surface area contributed by atoms with Crippen molar-refractivity contribution in [3.63, 3.8) is 0 Å². The number of carbonyl (C=O) groups excluding carboxylic acids is 1. The molecule has 1 atom stereocenters. The number of nitrogens with one attached hydrogen (secondary N) is 1. The topological polar surface area (TPSA) is 64.3 Å². The van der Waals surface area contributed by atoms with E-state index < -0.39 is 0 Å². The third-order valence-corrected chi connectivity index (χ3v) is 2.37. The van der Waals surface area contributed by atoms with Crippen LogP contribution in [-0.4, -0.2) is 24.1 Å². The molecule has 0 fully saturated rings. The van der Waals surface area contributed by atoms with Gasteiger partial charge in [0.1, 0.15) is 0 Å². The first-order chi connectivity index (χ1) is 8.02. The maximum atomic E-state index is 11.3. The number of nitrogens with two attached hydrogens (primary N) is 1. The van der Waals surface area contributed by atoms with Gasteiger partial charge in [-0.25, -0.2) is 4.79 Å². The third-order valence-electron chi connectivity index (χ3n) is 2.20. The third kappa shape index (κ3) is 4.40. The predicted octanol–water partition coefficient (Wildman–Crippen LogP) is 1.95. The second-order valence-electron chi connectivity index (χ2n) is 3.79. The molecule has 1 rings (SSSR count). The van der Waals surface area contributed by atoms with E-state index in [0.29, 0.717) is 17.0 Å². The second-order valence-corrected chi connectivity index (χ2v) is 4.31. The largest absolute Gasteiger partial charge is 0.465 e. The molecular weight excluding hydrogens is 236 g/mol. The van der Waals surface area contributed by atoms with Crippen molar-refractivity contribution < 1.29 is 9.53 Å². The van der Waals surface area contributed by atoms with Crippen LogP contribution in [0.2, 0.25) is 0 Å². The summed E-state index contributed by atoms with van der Waals surface area (Å²) in [5, 5.41) is 3.22. The minimum Gasteiger partial charge on any atom is -0.465 e. The van der Waals surface area contributed by atoms with Crippen LogP contribution in [0.25, 0.3) is 0 Å². The summed E-state index contributed by atoms with van der Waals surface area (Å²) in [5.74, 6) is -0.351. The van der Waals surface area contributed by atoms with Crippen LogP contribution in [0.15, 0.2) is 24.3 Å². The fourth-order valence-electron chi connectivity index (χ4n) is 1.49. The van der Waals surface area contributed by atoms with Gasteiger partial charge in [0.25, 0.3) is 0 Å². The smallest absolute Gasteiger partial charge is 0.337 e. The molecule has 0 aliphatic heterocycles. The monoisotopic (exact) mass is 252 g/mol. The van der Waals surface area contributed by atoms with Gasteiger partial charge in [0.05, 0.1) is 17.7 Å². The summed E-state index contributed by atoms with van der Waals surface area (Å²) in [6.45, 7) is 1.98. The summed E-state index contributed by atoms with van der Waals surface area (Å²) in [5.41, 5.74) is 6.82. The molecule has 5 heteroatoms. The van der Waals surface area contributed by atoms with Gasteiger partial charge >= 0.3 is 5.97 Å². The number of methoxy groups -OCH3 is 1. The molecule has 4 nitrogen and oxygen atoms in total. The summed E-state index contributed by atoms with van der Waals surface area (Å²) in [4.78, 5) is 11.8.